The van der Waals surface area contributed by atoms with Crippen molar-refractivity contribution >= 4 is 10.2 Å². The molecule has 1 N–H and O–H groups in total. The van der Waals surface area contributed by atoms with E-state index in [1.165, 1.54) is 9.87 Å². The Morgan fingerprint density at radius 3 is 2.65 bits per heavy atom. The highest BCUT2D eigenvalue weighted by molar-refractivity contribution is 7.87. The van der Waals surface area contributed by atoms with Crippen LogP contribution in [0.3, 0.4) is 0 Å². The van der Waals surface area contributed by atoms with Crippen LogP contribution in [0.1, 0.15) is 37.4 Å². The minimum Gasteiger partial charge on any atom is -0.379 e. The predicted octanol–water partition coefficient (Wildman–Crippen LogP) is 2.13. The minimum absolute atomic E-state index is 0.200. The number of ether oxygens (including phenoxy) is 1. The largest absolute Gasteiger partial charge is 0.379 e. The van der Waals surface area contributed by atoms with E-state index < -0.39 is 10.2 Å². The molecule has 1 aliphatic heterocycles. The lowest BCUT2D eigenvalue weighted by atomic mass is 9.78. The molecule has 126 valence electrons. The number of rotatable bonds is 4. The predicted molar refractivity (Wildman–Crippen MR) is 90.4 cm³/mol. The number of hydrogen-bond donors (Lipinski definition) is 1. The summed E-state index contributed by atoms with van der Waals surface area (Å²) in [7, 11) is -3.51. The number of nitrogens with zero attached hydrogens (tertiary/aromatic N) is 1. The summed E-state index contributed by atoms with van der Waals surface area (Å²) in [6, 6.07) is 7.82. The van der Waals surface area contributed by atoms with Crippen molar-refractivity contribution in [3.63, 3.8) is 0 Å². The third-order valence-electron chi connectivity index (χ3n) is 5.09. The van der Waals surface area contributed by atoms with Crippen molar-refractivity contribution in [2.75, 3.05) is 26.3 Å². The lowest BCUT2D eigenvalue weighted by Crippen LogP contribution is -2.47. The van der Waals surface area contributed by atoms with Gasteiger partial charge in [-0.15, -0.1) is 0 Å². The van der Waals surface area contributed by atoms with E-state index in [-0.39, 0.29) is 11.5 Å². The van der Waals surface area contributed by atoms with Crippen molar-refractivity contribution in [1.29, 1.82) is 0 Å². The zero-order chi connectivity index (χ0) is 16.7. The molecule has 0 bridgehead atoms. The molecule has 6 heteroatoms. The molecule has 3 rings (SSSR count). The van der Waals surface area contributed by atoms with E-state index in [4.69, 9.17) is 4.74 Å². The molecule has 1 heterocycles. The van der Waals surface area contributed by atoms with Crippen LogP contribution in [0.4, 0.5) is 0 Å². The zero-order valence-electron chi connectivity index (χ0n) is 13.7. The SMILES string of the molecule is C=C(C)[C@@]1(C)C[C@@H](NS(=O)(=O)N2CCOCC2)c2ccccc21. The van der Waals surface area contributed by atoms with Crippen LogP contribution in [0.5, 0.6) is 0 Å². The first-order valence-corrected chi connectivity index (χ1v) is 9.39. The van der Waals surface area contributed by atoms with Gasteiger partial charge in [0.05, 0.1) is 13.2 Å². The van der Waals surface area contributed by atoms with Crippen molar-refractivity contribution in [2.45, 2.75) is 31.7 Å². The van der Waals surface area contributed by atoms with E-state index >= 15 is 0 Å². The van der Waals surface area contributed by atoms with Gasteiger partial charge in [-0.25, -0.2) is 0 Å². The highest BCUT2D eigenvalue weighted by Gasteiger charge is 2.42. The van der Waals surface area contributed by atoms with Gasteiger partial charge < -0.3 is 4.74 Å². The maximum Gasteiger partial charge on any atom is 0.280 e. The molecule has 0 amide bonds. The Morgan fingerprint density at radius 2 is 2.00 bits per heavy atom. The van der Waals surface area contributed by atoms with E-state index in [1.54, 1.807) is 0 Å². The molecule has 2 aliphatic rings. The molecule has 1 saturated heterocycles. The molecule has 1 aliphatic carbocycles. The number of morpholine rings is 1. The molecule has 0 saturated carbocycles. The summed E-state index contributed by atoms with van der Waals surface area (Å²) in [4.78, 5) is 0. The molecule has 0 aromatic heterocycles. The molecule has 2 atom stereocenters. The third kappa shape index (κ3) is 2.96. The van der Waals surface area contributed by atoms with E-state index in [0.717, 1.165) is 11.1 Å². The Morgan fingerprint density at radius 1 is 1.35 bits per heavy atom. The summed E-state index contributed by atoms with van der Waals surface area (Å²) in [6.07, 6.45) is 0.700. The summed E-state index contributed by atoms with van der Waals surface area (Å²) in [5.74, 6) is 0. The maximum atomic E-state index is 12.7. The van der Waals surface area contributed by atoms with Crippen LogP contribution in [0.25, 0.3) is 0 Å². The van der Waals surface area contributed by atoms with Gasteiger partial charge in [-0.1, -0.05) is 43.3 Å². The van der Waals surface area contributed by atoms with Gasteiger partial charge in [0, 0.05) is 24.5 Å². The van der Waals surface area contributed by atoms with Gasteiger partial charge in [-0.05, 0) is 24.5 Å². The Bertz CT molecular complexity index is 710. The fourth-order valence-corrected chi connectivity index (χ4v) is 4.83. The van der Waals surface area contributed by atoms with Crippen LogP contribution in [-0.4, -0.2) is 39.0 Å². The van der Waals surface area contributed by atoms with E-state index in [1.807, 2.05) is 25.1 Å². The smallest absolute Gasteiger partial charge is 0.280 e. The average molecular weight is 336 g/mol. The van der Waals surface area contributed by atoms with Gasteiger partial charge in [0.2, 0.25) is 0 Å². The standard InChI is InChI=1S/C17H24N2O3S/c1-13(2)17(3)12-16(14-6-4-5-7-15(14)17)18-23(20,21)19-8-10-22-11-9-19/h4-7,16,18H,1,8-12H2,2-3H3/t16-,17-/m1/s1. The second-order valence-corrected chi connectivity index (χ2v) is 8.29. The summed E-state index contributed by atoms with van der Waals surface area (Å²) in [5.41, 5.74) is 3.07. The molecule has 1 fully saturated rings. The topological polar surface area (TPSA) is 58.6 Å². The van der Waals surface area contributed by atoms with Crippen molar-refractivity contribution in [3.8, 4) is 0 Å². The number of benzene rings is 1. The van der Waals surface area contributed by atoms with Crippen LogP contribution < -0.4 is 4.72 Å². The Kier molecular flexibility index (Phi) is 4.35. The number of fused-ring (bicyclic) bond motifs is 1. The lowest BCUT2D eigenvalue weighted by molar-refractivity contribution is 0.0723. The van der Waals surface area contributed by atoms with Crippen LogP contribution in [0.15, 0.2) is 36.4 Å². The quantitative estimate of drug-likeness (QED) is 0.857. The zero-order valence-corrected chi connectivity index (χ0v) is 14.5. The fourth-order valence-electron chi connectivity index (χ4n) is 3.48. The number of hydrogen-bond acceptors (Lipinski definition) is 3. The highest BCUT2D eigenvalue weighted by atomic mass is 32.2. The average Bonchev–Trinajstić information content (AvgIpc) is 2.82. The summed E-state index contributed by atoms with van der Waals surface area (Å²) >= 11 is 0. The summed E-state index contributed by atoms with van der Waals surface area (Å²) in [6.45, 7) is 9.98. The molecule has 1 aromatic rings. The van der Waals surface area contributed by atoms with Crippen molar-refractivity contribution in [2.24, 2.45) is 0 Å². The van der Waals surface area contributed by atoms with Crippen LogP contribution >= 0.6 is 0 Å². The first kappa shape index (κ1) is 16.6. The maximum absolute atomic E-state index is 12.7. The number of allylic oxidation sites excluding steroid dienone is 1. The highest BCUT2D eigenvalue weighted by Crippen LogP contribution is 2.48. The molecule has 5 nitrogen and oxygen atoms in total. The first-order chi connectivity index (χ1) is 10.8. The van der Waals surface area contributed by atoms with Crippen molar-refractivity contribution in [1.82, 2.24) is 9.03 Å². The van der Waals surface area contributed by atoms with Crippen LogP contribution in [0, 0.1) is 0 Å². The second-order valence-electron chi connectivity index (χ2n) is 6.59. The molecular formula is C17H24N2O3S. The normalized spacial score (nSPS) is 28.5. The molecule has 0 radical (unpaired) electrons. The summed E-state index contributed by atoms with van der Waals surface area (Å²) < 4.78 is 34.9. The third-order valence-corrected chi connectivity index (χ3v) is 6.71. The van der Waals surface area contributed by atoms with E-state index in [0.29, 0.717) is 32.7 Å². The van der Waals surface area contributed by atoms with Crippen LogP contribution in [-0.2, 0) is 20.4 Å². The molecule has 1 aromatic carbocycles. The Balaban J connectivity index is 1.88. The van der Waals surface area contributed by atoms with Gasteiger partial charge >= 0.3 is 0 Å². The monoisotopic (exact) mass is 336 g/mol. The van der Waals surface area contributed by atoms with Crippen molar-refractivity contribution in [3.05, 3.63) is 47.5 Å². The Labute approximate surface area is 138 Å². The van der Waals surface area contributed by atoms with Gasteiger partial charge in [0.1, 0.15) is 0 Å². The van der Waals surface area contributed by atoms with E-state index in [2.05, 4.69) is 24.3 Å². The molecule has 0 spiro atoms. The van der Waals surface area contributed by atoms with E-state index in [9.17, 15) is 8.42 Å². The molecule has 23 heavy (non-hydrogen) atoms. The van der Waals surface area contributed by atoms with Crippen molar-refractivity contribution < 1.29 is 13.2 Å². The lowest BCUT2D eigenvalue weighted by Gasteiger charge is -2.29. The Hall–Kier alpha value is -1.21. The first-order valence-electron chi connectivity index (χ1n) is 7.95. The van der Waals surface area contributed by atoms with Crippen LogP contribution in [0.2, 0.25) is 0 Å². The second kappa shape index (κ2) is 6.02. The van der Waals surface area contributed by atoms with Gasteiger partial charge in [-0.2, -0.15) is 17.4 Å². The minimum atomic E-state index is -3.51. The fraction of sp³-hybridized carbons (Fsp3) is 0.529. The number of nitrogens with one attached hydrogen (secondary N) is 1. The molecule has 0 unspecified atom stereocenters. The van der Waals surface area contributed by atoms with Gasteiger partial charge in [-0.3, -0.25) is 0 Å². The van der Waals surface area contributed by atoms with Gasteiger partial charge in [0.15, 0.2) is 0 Å². The molecular weight excluding hydrogens is 312 g/mol. The van der Waals surface area contributed by atoms with Gasteiger partial charge in [0.25, 0.3) is 10.2 Å². The summed E-state index contributed by atoms with van der Waals surface area (Å²) in [5, 5.41) is 0.